The largest absolute Gasteiger partial charge is 0.385 e. The Bertz CT molecular complexity index is 1090. The Labute approximate surface area is 198 Å². The van der Waals surface area contributed by atoms with Gasteiger partial charge >= 0.3 is 0 Å². The van der Waals surface area contributed by atoms with E-state index in [9.17, 15) is 9.59 Å². The molecule has 2 aromatic rings. The smallest absolute Gasteiger partial charge is 0.267 e. The average molecular weight is 475 g/mol. The van der Waals surface area contributed by atoms with Crippen LogP contribution < -0.4 is 10.5 Å². The molecule has 32 heavy (non-hydrogen) atoms. The quantitative estimate of drug-likeness (QED) is 0.294. The first kappa shape index (κ1) is 24.4. The molecule has 0 N–H and O–H groups in total. The summed E-state index contributed by atoms with van der Waals surface area (Å²) in [5, 5.41) is 0. The lowest BCUT2D eigenvalue weighted by Gasteiger charge is -2.25. The summed E-state index contributed by atoms with van der Waals surface area (Å²) in [4.78, 5) is 35.7. The van der Waals surface area contributed by atoms with Crippen LogP contribution in [0.3, 0.4) is 0 Å². The number of aryl methyl sites for hydroxylation is 1. The van der Waals surface area contributed by atoms with Gasteiger partial charge in [-0.15, -0.1) is 0 Å². The van der Waals surface area contributed by atoms with E-state index in [-0.39, 0.29) is 11.5 Å². The van der Waals surface area contributed by atoms with Gasteiger partial charge in [0.05, 0.1) is 10.5 Å². The second-order valence-corrected chi connectivity index (χ2v) is 9.38. The van der Waals surface area contributed by atoms with E-state index in [1.165, 1.54) is 11.8 Å². The highest BCUT2D eigenvalue weighted by molar-refractivity contribution is 8.26. The Balaban J connectivity index is 2.13. The van der Waals surface area contributed by atoms with Crippen LogP contribution in [0.2, 0.25) is 0 Å². The number of amides is 1. The SMILES string of the molecule is CCCN(CCC)c1nc2c(C)cccn2c(=O)c1C=C1SC(=S)N(CCCOC)C1=O. The molecule has 1 amide bonds. The van der Waals surface area contributed by atoms with E-state index < -0.39 is 0 Å². The molecule has 2 aromatic heterocycles. The third-order valence-corrected chi connectivity index (χ3v) is 6.61. The number of thioether (sulfide) groups is 1. The van der Waals surface area contributed by atoms with E-state index in [2.05, 4.69) is 18.7 Å². The van der Waals surface area contributed by atoms with Crippen LogP contribution in [0.1, 0.15) is 44.2 Å². The van der Waals surface area contributed by atoms with Crippen molar-refractivity contribution in [3.63, 3.8) is 0 Å². The number of anilines is 1. The maximum atomic E-state index is 13.6. The second-order valence-electron chi connectivity index (χ2n) is 7.71. The Morgan fingerprint density at radius 2 is 1.97 bits per heavy atom. The summed E-state index contributed by atoms with van der Waals surface area (Å²) in [7, 11) is 1.63. The standard InChI is InChI=1S/C23H30N4O3S2/c1-5-10-25(11-6-2)20-17(21(28)26-12-7-9-16(3)19(26)24-20)15-18-22(29)27(23(31)32-18)13-8-14-30-4/h7,9,12,15H,5-6,8,10-11,13-14H2,1-4H3. The van der Waals surface area contributed by atoms with Gasteiger partial charge in [-0.3, -0.25) is 18.9 Å². The van der Waals surface area contributed by atoms with E-state index in [1.54, 1.807) is 28.7 Å². The monoisotopic (exact) mass is 474 g/mol. The molecular weight excluding hydrogens is 444 g/mol. The molecule has 1 aliphatic rings. The van der Waals surface area contributed by atoms with Crippen LogP contribution in [0.25, 0.3) is 11.7 Å². The van der Waals surface area contributed by atoms with Crippen molar-refractivity contribution in [2.45, 2.75) is 40.0 Å². The minimum Gasteiger partial charge on any atom is -0.385 e. The molecule has 1 aliphatic heterocycles. The zero-order valence-electron chi connectivity index (χ0n) is 19.1. The molecule has 172 valence electrons. The first-order valence-electron chi connectivity index (χ1n) is 10.9. The highest BCUT2D eigenvalue weighted by Crippen LogP contribution is 2.33. The van der Waals surface area contributed by atoms with Crippen LogP contribution in [0.4, 0.5) is 5.82 Å². The van der Waals surface area contributed by atoms with Crippen molar-refractivity contribution in [2.75, 3.05) is 38.3 Å². The van der Waals surface area contributed by atoms with Gasteiger partial charge in [0.25, 0.3) is 11.5 Å². The highest BCUT2D eigenvalue weighted by atomic mass is 32.2. The molecule has 0 bridgehead atoms. The summed E-state index contributed by atoms with van der Waals surface area (Å²) in [6.07, 6.45) is 5.94. The number of hydrogen-bond acceptors (Lipinski definition) is 7. The van der Waals surface area contributed by atoms with E-state index in [1.807, 2.05) is 19.1 Å². The van der Waals surface area contributed by atoms with Crippen molar-refractivity contribution < 1.29 is 9.53 Å². The van der Waals surface area contributed by atoms with Gasteiger partial charge in [0.2, 0.25) is 0 Å². The van der Waals surface area contributed by atoms with Gasteiger partial charge in [-0.05, 0) is 43.9 Å². The number of methoxy groups -OCH3 is 1. The summed E-state index contributed by atoms with van der Waals surface area (Å²) >= 11 is 6.66. The summed E-state index contributed by atoms with van der Waals surface area (Å²) < 4.78 is 7.15. The molecule has 1 fully saturated rings. The number of aromatic nitrogens is 2. The van der Waals surface area contributed by atoms with Gasteiger partial charge in [-0.1, -0.05) is 43.9 Å². The van der Waals surface area contributed by atoms with Crippen LogP contribution in [0, 0.1) is 6.92 Å². The molecule has 7 nitrogen and oxygen atoms in total. The van der Waals surface area contributed by atoms with Crippen molar-refractivity contribution in [2.24, 2.45) is 0 Å². The van der Waals surface area contributed by atoms with E-state index >= 15 is 0 Å². The van der Waals surface area contributed by atoms with Crippen molar-refractivity contribution in [1.29, 1.82) is 0 Å². The molecule has 3 heterocycles. The summed E-state index contributed by atoms with van der Waals surface area (Å²) in [5.41, 5.74) is 1.80. The lowest BCUT2D eigenvalue weighted by molar-refractivity contribution is -0.122. The van der Waals surface area contributed by atoms with Crippen LogP contribution in [0.15, 0.2) is 28.0 Å². The normalized spacial score (nSPS) is 15.4. The third-order valence-electron chi connectivity index (χ3n) is 5.23. The predicted molar refractivity (Wildman–Crippen MR) is 135 cm³/mol. The molecular formula is C23H30N4O3S2. The van der Waals surface area contributed by atoms with Gasteiger partial charge in [-0.25, -0.2) is 4.98 Å². The van der Waals surface area contributed by atoms with E-state index in [4.69, 9.17) is 21.9 Å². The van der Waals surface area contributed by atoms with Crippen molar-refractivity contribution in [3.8, 4) is 0 Å². The zero-order chi connectivity index (χ0) is 23.3. The molecule has 1 saturated heterocycles. The number of nitrogens with zero attached hydrogens (tertiary/aromatic N) is 4. The minimum absolute atomic E-state index is 0.173. The summed E-state index contributed by atoms with van der Waals surface area (Å²) in [6.45, 7) is 8.76. The third kappa shape index (κ3) is 5.05. The second kappa shape index (κ2) is 11.1. The van der Waals surface area contributed by atoms with Crippen molar-refractivity contribution in [3.05, 3.63) is 44.7 Å². The van der Waals surface area contributed by atoms with E-state index in [0.717, 1.165) is 31.5 Å². The molecule has 0 saturated carbocycles. The fourth-order valence-corrected chi connectivity index (χ4v) is 5.01. The molecule has 0 atom stereocenters. The predicted octanol–water partition coefficient (Wildman–Crippen LogP) is 3.87. The molecule has 0 spiro atoms. The lowest BCUT2D eigenvalue weighted by Crippen LogP contribution is -2.31. The van der Waals surface area contributed by atoms with Gasteiger partial charge in [0.1, 0.15) is 15.8 Å². The number of rotatable bonds is 10. The molecule has 0 aromatic carbocycles. The van der Waals surface area contributed by atoms with Gasteiger partial charge in [-0.2, -0.15) is 0 Å². The minimum atomic E-state index is -0.185. The summed E-state index contributed by atoms with van der Waals surface area (Å²) in [5.74, 6) is 0.450. The molecule has 0 unspecified atom stereocenters. The maximum Gasteiger partial charge on any atom is 0.267 e. The number of carbonyl (C=O) groups excluding carboxylic acids is 1. The topological polar surface area (TPSA) is 67.2 Å². The molecule has 9 heteroatoms. The number of fused-ring (bicyclic) bond motifs is 1. The van der Waals surface area contributed by atoms with Gasteiger partial charge in [0, 0.05) is 39.5 Å². The Morgan fingerprint density at radius 3 is 2.62 bits per heavy atom. The number of hydrogen-bond donors (Lipinski definition) is 0. The fourth-order valence-electron chi connectivity index (χ4n) is 3.72. The molecule has 3 rings (SSSR count). The van der Waals surface area contributed by atoms with Crippen LogP contribution in [-0.2, 0) is 9.53 Å². The number of ether oxygens (including phenoxy) is 1. The van der Waals surface area contributed by atoms with Crippen LogP contribution in [0.5, 0.6) is 0 Å². The van der Waals surface area contributed by atoms with Crippen LogP contribution >= 0.6 is 24.0 Å². The molecule has 0 radical (unpaired) electrons. The van der Waals surface area contributed by atoms with E-state index in [0.29, 0.717) is 45.8 Å². The Kier molecular flexibility index (Phi) is 8.44. The summed E-state index contributed by atoms with van der Waals surface area (Å²) in [6, 6.07) is 3.78. The van der Waals surface area contributed by atoms with Crippen LogP contribution in [-0.4, -0.2) is 57.9 Å². The first-order valence-corrected chi connectivity index (χ1v) is 12.2. The lowest BCUT2D eigenvalue weighted by atomic mass is 10.2. The van der Waals surface area contributed by atoms with Crippen molar-refractivity contribution in [1.82, 2.24) is 14.3 Å². The number of pyridine rings is 1. The van der Waals surface area contributed by atoms with Gasteiger partial charge < -0.3 is 9.64 Å². The number of carbonyl (C=O) groups is 1. The fraction of sp³-hybridized carbons (Fsp3) is 0.478. The Hall–Kier alpha value is -2.23. The molecule has 0 aliphatic carbocycles. The number of thiocarbonyl (C=S) groups is 1. The average Bonchev–Trinajstić information content (AvgIpc) is 3.03. The highest BCUT2D eigenvalue weighted by Gasteiger charge is 2.32. The zero-order valence-corrected chi connectivity index (χ0v) is 20.7. The Morgan fingerprint density at radius 1 is 1.25 bits per heavy atom. The maximum absolute atomic E-state index is 13.6. The first-order chi connectivity index (χ1) is 15.4. The van der Waals surface area contributed by atoms with Crippen molar-refractivity contribution >= 4 is 51.7 Å². The van der Waals surface area contributed by atoms with Gasteiger partial charge in [0.15, 0.2) is 0 Å².